The van der Waals surface area contributed by atoms with Gasteiger partial charge in [0.15, 0.2) is 0 Å². The summed E-state index contributed by atoms with van der Waals surface area (Å²) in [5.74, 6) is 0.962. The van der Waals surface area contributed by atoms with E-state index in [0.29, 0.717) is 6.61 Å². The molecule has 0 spiro atoms. The maximum Gasteiger partial charge on any atom is 0.417 e. The number of unbranched alkanes of at least 4 members (excludes halogenated alkanes) is 5. The van der Waals surface area contributed by atoms with Crippen LogP contribution in [-0.2, 0) is 22.4 Å². The van der Waals surface area contributed by atoms with Crippen molar-refractivity contribution in [3.05, 3.63) is 65.7 Å². The fourth-order valence-electron chi connectivity index (χ4n) is 3.09. The molecule has 27 heavy (non-hydrogen) atoms. The molecule has 0 unspecified atom stereocenters. The molecule has 0 saturated heterocycles. The standard InChI is InChI=1S/C24H31O3/c25-21-26-19-9-2-1-5-14-23-15-17-24(18-16-23)27-20-10-4-8-13-22-11-6-3-7-12-22/h3,6-7,11-12,15-18H,1-2,4-5,8-10,13-14,19-20H2. The number of hydrogen-bond donors (Lipinski definition) is 0. The number of rotatable bonds is 15. The molecule has 2 aromatic rings. The molecule has 0 aliphatic heterocycles. The van der Waals surface area contributed by atoms with E-state index in [2.05, 4.69) is 59.3 Å². The van der Waals surface area contributed by atoms with Gasteiger partial charge in [0, 0.05) is 0 Å². The third kappa shape index (κ3) is 9.83. The van der Waals surface area contributed by atoms with Gasteiger partial charge in [0.05, 0.1) is 13.2 Å². The second kappa shape index (κ2) is 13.9. The summed E-state index contributed by atoms with van der Waals surface area (Å²) in [6, 6.07) is 19.1. The molecular formula is C24H31O3. The lowest BCUT2D eigenvalue weighted by atomic mass is 10.1. The summed E-state index contributed by atoms with van der Waals surface area (Å²) in [7, 11) is 0. The molecule has 3 heteroatoms. The molecule has 145 valence electrons. The summed E-state index contributed by atoms with van der Waals surface area (Å²) in [6.45, 7) is 2.73. The molecule has 0 aliphatic carbocycles. The molecule has 1 radical (unpaired) electrons. The van der Waals surface area contributed by atoms with Crippen molar-refractivity contribution < 1.29 is 14.3 Å². The van der Waals surface area contributed by atoms with Gasteiger partial charge in [-0.3, -0.25) is 0 Å². The van der Waals surface area contributed by atoms with Crippen molar-refractivity contribution in [1.82, 2.24) is 0 Å². The molecule has 2 aromatic carbocycles. The van der Waals surface area contributed by atoms with Crippen molar-refractivity contribution in [2.24, 2.45) is 0 Å². The van der Waals surface area contributed by atoms with Crippen LogP contribution >= 0.6 is 0 Å². The van der Waals surface area contributed by atoms with Gasteiger partial charge >= 0.3 is 6.47 Å². The van der Waals surface area contributed by atoms with E-state index < -0.39 is 0 Å². The summed E-state index contributed by atoms with van der Waals surface area (Å²) in [4.78, 5) is 9.91. The second-order valence-electron chi connectivity index (χ2n) is 6.88. The normalized spacial score (nSPS) is 10.5. The largest absolute Gasteiger partial charge is 0.494 e. The molecule has 0 fully saturated rings. The summed E-state index contributed by atoms with van der Waals surface area (Å²) < 4.78 is 10.4. The van der Waals surface area contributed by atoms with E-state index >= 15 is 0 Å². The first kappa shape index (κ1) is 21.0. The molecule has 0 N–H and O–H groups in total. The van der Waals surface area contributed by atoms with E-state index in [-0.39, 0.29) is 0 Å². The Hall–Kier alpha value is -2.29. The summed E-state index contributed by atoms with van der Waals surface area (Å²) in [5.41, 5.74) is 2.77. The van der Waals surface area contributed by atoms with E-state index in [4.69, 9.17) is 4.74 Å². The van der Waals surface area contributed by atoms with Crippen LogP contribution in [0, 0.1) is 0 Å². The summed E-state index contributed by atoms with van der Waals surface area (Å²) >= 11 is 0. The molecule has 0 atom stereocenters. The van der Waals surface area contributed by atoms with E-state index in [9.17, 15) is 4.79 Å². The van der Waals surface area contributed by atoms with Gasteiger partial charge in [-0.15, -0.1) is 0 Å². The Labute approximate surface area is 163 Å². The number of benzene rings is 2. The Morgan fingerprint density at radius 1 is 0.630 bits per heavy atom. The highest BCUT2D eigenvalue weighted by Gasteiger charge is 1.98. The van der Waals surface area contributed by atoms with Gasteiger partial charge < -0.3 is 9.47 Å². The molecule has 0 saturated carbocycles. The van der Waals surface area contributed by atoms with Gasteiger partial charge in [0.2, 0.25) is 0 Å². The van der Waals surface area contributed by atoms with Crippen LogP contribution in [0.3, 0.4) is 0 Å². The van der Waals surface area contributed by atoms with Gasteiger partial charge in [0.1, 0.15) is 5.75 Å². The SMILES string of the molecule is O=[C]OCCCCCCc1ccc(OCCCCCc2ccccc2)cc1. The van der Waals surface area contributed by atoms with Crippen LogP contribution in [0.2, 0.25) is 0 Å². The first-order chi connectivity index (χ1) is 13.4. The van der Waals surface area contributed by atoms with E-state index in [1.807, 2.05) is 0 Å². The molecule has 2 rings (SSSR count). The highest BCUT2D eigenvalue weighted by Crippen LogP contribution is 2.15. The summed E-state index contributed by atoms with van der Waals surface area (Å²) in [5, 5.41) is 0. The van der Waals surface area contributed by atoms with E-state index in [1.54, 1.807) is 0 Å². The average molecular weight is 368 g/mol. The van der Waals surface area contributed by atoms with Crippen LogP contribution in [0.1, 0.15) is 56.1 Å². The predicted molar refractivity (Wildman–Crippen MR) is 110 cm³/mol. The Morgan fingerprint density at radius 2 is 1.22 bits per heavy atom. The van der Waals surface area contributed by atoms with Crippen molar-refractivity contribution in [1.29, 1.82) is 0 Å². The second-order valence-corrected chi connectivity index (χ2v) is 6.88. The molecule has 3 nitrogen and oxygen atoms in total. The van der Waals surface area contributed by atoms with Crippen LogP contribution < -0.4 is 4.74 Å². The van der Waals surface area contributed by atoms with Gasteiger partial charge in [-0.1, -0.05) is 55.3 Å². The lowest BCUT2D eigenvalue weighted by molar-refractivity contribution is 0.269. The van der Waals surface area contributed by atoms with Crippen LogP contribution in [0.5, 0.6) is 5.75 Å². The monoisotopic (exact) mass is 367 g/mol. The Balaban J connectivity index is 1.49. The van der Waals surface area contributed by atoms with Crippen molar-refractivity contribution >= 4 is 6.47 Å². The molecular weight excluding hydrogens is 336 g/mol. The van der Waals surface area contributed by atoms with E-state index in [1.165, 1.54) is 30.4 Å². The van der Waals surface area contributed by atoms with Gasteiger partial charge in [0.25, 0.3) is 0 Å². The first-order valence-corrected chi connectivity index (χ1v) is 10.1. The maximum atomic E-state index is 9.91. The number of aryl methyl sites for hydroxylation is 2. The number of hydrogen-bond acceptors (Lipinski definition) is 3. The first-order valence-electron chi connectivity index (χ1n) is 10.1. The van der Waals surface area contributed by atoms with Gasteiger partial charge in [-0.25, -0.2) is 4.79 Å². The maximum absolute atomic E-state index is 9.91. The minimum Gasteiger partial charge on any atom is -0.494 e. The lowest BCUT2D eigenvalue weighted by Crippen LogP contribution is -1.98. The number of ether oxygens (including phenoxy) is 2. The van der Waals surface area contributed by atoms with Crippen LogP contribution in [0.25, 0.3) is 0 Å². The molecule has 0 aliphatic rings. The highest BCUT2D eigenvalue weighted by molar-refractivity contribution is 5.38. The third-order valence-electron chi connectivity index (χ3n) is 4.67. The minimum atomic E-state index is 0.488. The predicted octanol–water partition coefficient (Wildman–Crippen LogP) is 5.67. The molecule has 0 heterocycles. The third-order valence-corrected chi connectivity index (χ3v) is 4.67. The van der Waals surface area contributed by atoms with Crippen LogP contribution in [0.15, 0.2) is 54.6 Å². The Morgan fingerprint density at radius 3 is 1.93 bits per heavy atom. The van der Waals surface area contributed by atoms with Crippen molar-refractivity contribution in [2.45, 2.75) is 57.8 Å². The Bertz CT molecular complexity index is 607. The van der Waals surface area contributed by atoms with E-state index in [0.717, 1.165) is 57.3 Å². The zero-order chi connectivity index (χ0) is 19.0. The number of carbonyl (C=O) groups excluding carboxylic acids is 1. The average Bonchev–Trinajstić information content (AvgIpc) is 2.72. The quantitative estimate of drug-likeness (QED) is 0.381. The van der Waals surface area contributed by atoms with Crippen molar-refractivity contribution in [2.75, 3.05) is 13.2 Å². The molecule has 0 aromatic heterocycles. The minimum absolute atomic E-state index is 0.488. The van der Waals surface area contributed by atoms with Crippen molar-refractivity contribution in [3.8, 4) is 5.75 Å². The van der Waals surface area contributed by atoms with Crippen LogP contribution in [0.4, 0.5) is 0 Å². The highest BCUT2D eigenvalue weighted by atomic mass is 16.5. The lowest BCUT2D eigenvalue weighted by Gasteiger charge is -2.08. The van der Waals surface area contributed by atoms with Crippen molar-refractivity contribution in [3.63, 3.8) is 0 Å². The fourth-order valence-corrected chi connectivity index (χ4v) is 3.09. The summed E-state index contributed by atoms with van der Waals surface area (Å²) in [6.07, 6.45) is 10.1. The molecule has 0 amide bonds. The smallest absolute Gasteiger partial charge is 0.417 e. The Kier molecular flexibility index (Phi) is 10.8. The zero-order valence-corrected chi connectivity index (χ0v) is 16.2. The van der Waals surface area contributed by atoms with Crippen LogP contribution in [-0.4, -0.2) is 19.7 Å². The molecule has 0 bridgehead atoms. The van der Waals surface area contributed by atoms with Gasteiger partial charge in [-0.05, 0) is 68.2 Å². The topological polar surface area (TPSA) is 35.5 Å². The zero-order valence-electron chi connectivity index (χ0n) is 16.2. The van der Waals surface area contributed by atoms with Gasteiger partial charge in [-0.2, -0.15) is 0 Å². The fraction of sp³-hybridized carbons (Fsp3) is 0.458.